The lowest BCUT2D eigenvalue weighted by Gasteiger charge is -2.05. The van der Waals surface area contributed by atoms with Crippen molar-refractivity contribution in [2.24, 2.45) is 0 Å². The Labute approximate surface area is 740 Å². The second-order valence-electron chi connectivity index (χ2n) is 41.0. The lowest BCUT2D eigenvalue weighted by atomic mass is 10.0. The fourth-order valence-electron chi connectivity index (χ4n) is 7.25. The topological polar surface area (TPSA) is 0 Å². The van der Waals surface area contributed by atoms with Gasteiger partial charge in [-0.05, 0) is 0 Å². The minimum atomic E-state index is 1.50. The van der Waals surface area contributed by atoms with Crippen LogP contribution in [0.15, 0.2) is 0 Å². The largest absolute Gasteiger partial charge is 0.0533 e. The molecule has 0 atom stereocenters. The zero-order valence-corrected chi connectivity index (χ0v) is 82.0. The van der Waals surface area contributed by atoms with Gasteiger partial charge in [0.15, 0.2) is 0 Å². The van der Waals surface area contributed by atoms with Crippen LogP contribution in [0.25, 0.3) is 0 Å². The van der Waals surface area contributed by atoms with Gasteiger partial charge < -0.3 is 0 Å². The summed E-state index contributed by atoms with van der Waals surface area (Å²) in [6.45, 7) is 0. The van der Waals surface area contributed by atoms with Gasteiger partial charge in [0, 0.05) is 0 Å². The van der Waals surface area contributed by atoms with Gasteiger partial charge in [0.25, 0.3) is 0 Å². The zero-order chi connectivity index (χ0) is 82.0. The molecule has 0 amide bonds. The highest BCUT2D eigenvalue weighted by Crippen LogP contribution is 2.26. The third-order valence-electron chi connectivity index (χ3n) is 29.0. The van der Waals surface area contributed by atoms with Crippen molar-refractivity contribution in [3.63, 3.8) is 0 Å². The highest BCUT2D eigenvalue weighted by Gasteiger charge is 2.06. The van der Waals surface area contributed by atoms with E-state index in [0.29, 0.717) is 0 Å². The molecular weight excluding hydrogens is 1390 g/mol. The van der Waals surface area contributed by atoms with Gasteiger partial charge >= 0.3 is 0 Å². The van der Waals surface area contributed by atoms with E-state index in [0.717, 1.165) is 0 Å². The first-order valence-electron chi connectivity index (χ1n) is 58.0. The quantitative estimate of drug-likeness (QED) is 0.227. The molecule has 0 aromatic rings. The summed E-state index contributed by atoms with van der Waals surface area (Å²) >= 11 is 0. The van der Waals surface area contributed by atoms with E-state index in [4.69, 9.17) is 0 Å². The fraction of sp³-hybridized carbons (Fsp3) is 1.00. The molecule has 0 aliphatic heterocycles. The maximum Gasteiger partial charge on any atom is -0.0533 e. The lowest BCUT2D eigenvalue weighted by molar-refractivity contribution is 0.504. The molecular formula is C116H232. The molecule has 696 valence electrons. The van der Waals surface area contributed by atoms with Gasteiger partial charge in [-0.1, -0.05) is 745 Å². The molecule has 29 aliphatic carbocycles. The molecule has 29 fully saturated rings. The van der Waals surface area contributed by atoms with Crippen LogP contribution in [0.3, 0.4) is 0 Å². The van der Waals surface area contributed by atoms with E-state index in [1.807, 2.05) is 0 Å². The number of hydrogen-bond donors (Lipinski definition) is 0. The lowest BCUT2D eigenvalue weighted by Crippen LogP contribution is -1.85. The molecule has 0 bridgehead atoms. The molecule has 0 spiro atoms. The SMILES string of the molecule is C1CCC1.C1CCC1.C1CCC1.C1CCC1.C1CCC1.C1CCC1.C1CCC1.C1CCC1.C1CCC1.C1CCC1.C1CCC1.C1CCC1.C1CCC1.C1CCC1.C1CCC1.C1CCC1.C1CCC1.C1CCC1.C1CCC1.C1CCC1.C1CCC1.C1CCC1.C1CCC1.C1CCC1.C1CCC1.C1CCC1.C1CCC1.C1CCC1.C1CCC1. The average Bonchev–Trinajstić information content (AvgIpc) is 3.14. The summed E-state index contributed by atoms with van der Waals surface area (Å²) < 4.78 is 0. The summed E-state index contributed by atoms with van der Waals surface area (Å²) in [6.07, 6.45) is 174. The van der Waals surface area contributed by atoms with Gasteiger partial charge in [-0.25, -0.2) is 0 Å². The Bertz CT molecular complexity index is 796. The summed E-state index contributed by atoms with van der Waals surface area (Å²) in [5, 5.41) is 0. The normalized spacial score (nSPS) is 24.0. The monoisotopic (exact) mass is 1630 g/mol. The van der Waals surface area contributed by atoms with Crippen LogP contribution in [0, 0.1) is 0 Å². The first kappa shape index (κ1) is 114. The van der Waals surface area contributed by atoms with Crippen molar-refractivity contribution in [3.05, 3.63) is 0 Å². The van der Waals surface area contributed by atoms with Crippen molar-refractivity contribution in [2.75, 3.05) is 0 Å². The number of hydrogen-bond acceptors (Lipinski definition) is 0. The Morgan fingerprint density at radius 2 is 0.0259 bits per heavy atom. The maximum absolute atomic E-state index is 1.50. The third-order valence-corrected chi connectivity index (χ3v) is 29.0. The Balaban J connectivity index is 0.000000601. The van der Waals surface area contributed by atoms with Gasteiger partial charge in [0.1, 0.15) is 0 Å². The van der Waals surface area contributed by atoms with Crippen LogP contribution >= 0.6 is 0 Å². The van der Waals surface area contributed by atoms with Crippen LogP contribution < -0.4 is 0 Å². The van der Waals surface area contributed by atoms with Gasteiger partial charge in [0.05, 0.1) is 0 Å². The first-order chi connectivity index (χ1) is 58.0. The molecule has 0 heteroatoms. The van der Waals surface area contributed by atoms with Gasteiger partial charge in [-0.3, -0.25) is 0 Å². The van der Waals surface area contributed by atoms with E-state index in [1.165, 1.54) is 745 Å². The Morgan fingerprint density at radius 1 is 0.0172 bits per heavy atom. The molecule has 29 rings (SSSR count). The highest BCUT2D eigenvalue weighted by molar-refractivity contribution is 4.62. The second-order valence-corrected chi connectivity index (χ2v) is 41.0. The third kappa shape index (κ3) is 108. The molecule has 0 aromatic carbocycles. The average molecular weight is 1630 g/mol. The van der Waals surface area contributed by atoms with Crippen molar-refractivity contribution in [1.29, 1.82) is 0 Å². The molecule has 0 saturated heterocycles. The van der Waals surface area contributed by atoms with Crippen molar-refractivity contribution in [1.82, 2.24) is 0 Å². The van der Waals surface area contributed by atoms with Crippen molar-refractivity contribution in [3.8, 4) is 0 Å². The van der Waals surface area contributed by atoms with E-state index in [1.54, 1.807) is 0 Å². The molecule has 0 aromatic heterocycles. The smallest absolute Gasteiger partial charge is 0.0533 e. The summed E-state index contributed by atoms with van der Waals surface area (Å²) in [6, 6.07) is 0. The fourth-order valence-corrected chi connectivity index (χ4v) is 7.25. The van der Waals surface area contributed by atoms with Crippen molar-refractivity contribution >= 4 is 0 Å². The Morgan fingerprint density at radius 3 is 0.0259 bits per heavy atom. The van der Waals surface area contributed by atoms with Crippen LogP contribution in [-0.2, 0) is 0 Å². The summed E-state index contributed by atoms with van der Waals surface area (Å²) in [4.78, 5) is 0. The predicted molar refractivity (Wildman–Crippen MR) is 536 cm³/mol. The first-order valence-corrected chi connectivity index (χ1v) is 58.0. The highest BCUT2D eigenvalue weighted by atomic mass is 14.1. The minimum absolute atomic E-state index is 1.50. The molecule has 0 unspecified atom stereocenters. The zero-order valence-electron chi connectivity index (χ0n) is 82.0. The molecule has 0 heterocycles. The van der Waals surface area contributed by atoms with Crippen LogP contribution in [-0.4, -0.2) is 0 Å². The predicted octanol–water partition coefficient (Wildman–Crippen LogP) is 45.3. The Hall–Kier alpha value is 0. The Kier molecular flexibility index (Phi) is 109. The van der Waals surface area contributed by atoms with Crippen LogP contribution in [0.5, 0.6) is 0 Å². The minimum Gasteiger partial charge on any atom is -0.0533 e. The molecule has 29 aliphatic rings. The second kappa shape index (κ2) is 111. The number of rotatable bonds is 0. The van der Waals surface area contributed by atoms with E-state index in [9.17, 15) is 0 Å². The van der Waals surface area contributed by atoms with Crippen molar-refractivity contribution in [2.45, 2.75) is 745 Å². The van der Waals surface area contributed by atoms with E-state index >= 15 is 0 Å². The van der Waals surface area contributed by atoms with Gasteiger partial charge in [-0.15, -0.1) is 0 Å². The van der Waals surface area contributed by atoms with Crippen molar-refractivity contribution < 1.29 is 0 Å². The summed E-state index contributed by atoms with van der Waals surface area (Å²) in [7, 11) is 0. The van der Waals surface area contributed by atoms with E-state index < -0.39 is 0 Å². The standard InChI is InChI=1S/29C4H8/c29*1-2-4-3-1/h29*1-4H2. The van der Waals surface area contributed by atoms with Gasteiger partial charge in [-0.2, -0.15) is 0 Å². The molecule has 0 N–H and O–H groups in total. The molecule has 0 nitrogen and oxygen atoms in total. The molecule has 29 saturated carbocycles. The summed E-state index contributed by atoms with van der Waals surface area (Å²) in [5.41, 5.74) is 0. The summed E-state index contributed by atoms with van der Waals surface area (Å²) in [5.74, 6) is 0. The van der Waals surface area contributed by atoms with Crippen LogP contribution in [0.4, 0.5) is 0 Å². The van der Waals surface area contributed by atoms with E-state index in [-0.39, 0.29) is 0 Å². The maximum atomic E-state index is 1.50. The molecule has 116 heavy (non-hydrogen) atoms. The van der Waals surface area contributed by atoms with Crippen LogP contribution in [0.2, 0.25) is 0 Å². The van der Waals surface area contributed by atoms with E-state index in [2.05, 4.69) is 0 Å². The molecule has 0 radical (unpaired) electrons. The van der Waals surface area contributed by atoms with Crippen LogP contribution in [0.1, 0.15) is 745 Å². The van der Waals surface area contributed by atoms with Gasteiger partial charge in [0.2, 0.25) is 0 Å².